The van der Waals surface area contributed by atoms with Crippen LogP contribution in [0.1, 0.15) is 60.3 Å². The van der Waals surface area contributed by atoms with Gasteiger partial charge in [0.1, 0.15) is 0 Å². The summed E-state index contributed by atoms with van der Waals surface area (Å²) in [5, 5.41) is 0. The fourth-order valence-electron chi connectivity index (χ4n) is 0.496. The average molecular weight is 188 g/mol. The van der Waals surface area contributed by atoms with Crippen molar-refractivity contribution >= 4 is 0 Å². The predicted molar refractivity (Wildman–Crippen MR) is 61.1 cm³/mol. The van der Waals surface area contributed by atoms with E-state index in [-0.39, 0.29) is 0 Å². The third-order valence-corrected chi connectivity index (χ3v) is 2.01. The lowest BCUT2D eigenvalue weighted by atomic mass is 9.94. The molecule has 0 atom stereocenters. The Hall–Kier alpha value is -0.0400. The summed E-state index contributed by atoms with van der Waals surface area (Å²) in [5.74, 6) is 0. The molecule has 0 spiro atoms. The van der Waals surface area contributed by atoms with Crippen LogP contribution in [-0.4, -0.2) is 13.7 Å². The Morgan fingerprint density at radius 3 is 1.69 bits per heavy atom. The minimum absolute atomic E-state index is 0.542. The number of hydrogen-bond donors (Lipinski definition) is 0. The van der Waals surface area contributed by atoms with Gasteiger partial charge in [-0.1, -0.05) is 53.9 Å². The van der Waals surface area contributed by atoms with Crippen LogP contribution in [0.2, 0.25) is 0 Å². The summed E-state index contributed by atoms with van der Waals surface area (Å²) in [5.41, 5.74) is 0.542. The number of rotatable bonds is 4. The molecule has 0 N–H and O–H groups in total. The van der Waals surface area contributed by atoms with Crippen LogP contribution in [0.5, 0.6) is 0 Å². The molecule has 0 aromatic carbocycles. The molecular formula is C12H28O. The van der Waals surface area contributed by atoms with E-state index in [0.717, 1.165) is 6.61 Å². The Morgan fingerprint density at radius 2 is 1.46 bits per heavy atom. The molecule has 1 nitrogen and oxygen atoms in total. The maximum absolute atomic E-state index is 4.84. The Balaban J connectivity index is 0. The van der Waals surface area contributed by atoms with E-state index < -0.39 is 0 Å². The van der Waals surface area contributed by atoms with E-state index in [9.17, 15) is 0 Å². The first-order valence-electron chi connectivity index (χ1n) is 5.46. The van der Waals surface area contributed by atoms with Crippen LogP contribution in [-0.2, 0) is 4.74 Å². The largest absolute Gasteiger partial charge is 0.385 e. The van der Waals surface area contributed by atoms with E-state index in [4.69, 9.17) is 4.74 Å². The summed E-state index contributed by atoms with van der Waals surface area (Å²) in [4.78, 5) is 0. The molecule has 0 aliphatic rings. The summed E-state index contributed by atoms with van der Waals surface area (Å²) >= 11 is 0. The molecule has 0 aromatic heterocycles. The lowest BCUT2D eigenvalue weighted by Crippen LogP contribution is -2.00. The van der Waals surface area contributed by atoms with Crippen molar-refractivity contribution in [3.05, 3.63) is 0 Å². The second-order valence-corrected chi connectivity index (χ2v) is 4.61. The van der Waals surface area contributed by atoms with Gasteiger partial charge in [0.25, 0.3) is 0 Å². The van der Waals surface area contributed by atoms with Gasteiger partial charge in [0.2, 0.25) is 0 Å². The zero-order valence-electron chi connectivity index (χ0n) is 10.4. The molecular weight excluding hydrogens is 160 g/mol. The van der Waals surface area contributed by atoms with Crippen molar-refractivity contribution in [2.75, 3.05) is 13.7 Å². The Morgan fingerprint density at radius 1 is 1.00 bits per heavy atom. The zero-order chi connectivity index (χ0) is 10.7. The van der Waals surface area contributed by atoms with Gasteiger partial charge in [0.15, 0.2) is 0 Å². The van der Waals surface area contributed by atoms with Gasteiger partial charge < -0.3 is 4.74 Å². The summed E-state index contributed by atoms with van der Waals surface area (Å²) in [7, 11) is 1.75. The van der Waals surface area contributed by atoms with Crippen molar-refractivity contribution in [1.29, 1.82) is 0 Å². The average Bonchev–Trinajstić information content (AvgIpc) is 2.06. The van der Waals surface area contributed by atoms with Crippen LogP contribution in [0, 0.1) is 5.41 Å². The molecule has 0 saturated carbocycles. The van der Waals surface area contributed by atoms with E-state index >= 15 is 0 Å². The third kappa shape index (κ3) is 24.5. The second kappa shape index (κ2) is 10.0. The van der Waals surface area contributed by atoms with Crippen molar-refractivity contribution in [2.45, 2.75) is 60.3 Å². The summed E-state index contributed by atoms with van der Waals surface area (Å²) < 4.78 is 4.84. The standard InChI is InChI=1S/C6H14O.C6H14/c1-3-4-5-6-7-2;1-5-6(2,3)4/h3-6H2,1-2H3;5H2,1-4H3. The lowest BCUT2D eigenvalue weighted by molar-refractivity contribution is 0.192. The van der Waals surface area contributed by atoms with Crippen LogP contribution in [0.4, 0.5) is 0 Å². The monoisotopic (exact) mass is 188 g/mol. The quantitative estimate of drug-likeness (QED) is 0.599. The van der Waals surface area contributed by atoms with E-state index in [2.05, 4.69) is 34.6 Å². The van der Waals surface area contributed by atoms with Gasteiger partial charge in [0.05, 0.1) is 0 Å². The highest BCUT2D eigenvalue weighted by molar-refractivity contribution is 4.55. The molecule has 0 bridgehead atoms. The van der Waals surface area contributed by atoms with Crippen LogP contribution >= 0.6 is 0 Å². The number of unbranched alkanes of at least 4 members (excludes halogenated alkanes) is 2. The van der Waals surface area contributed by atoms with Crippen LogP contribution < -0.4 is 0 Å². The third-order valence-electron chi connectivity index (χ3n) is 2.01. The fourth-order valence-corrected chi connectivity index (χ4v) is 0.496. The molecule has 82 valence electrons. The van der Waals surface area contributed by atoms with Crippen molar-refractivity contribution in [2.24, 2.45) is 5.41 Å². The maximum atomic E-state index is 4.84. The Bertz CT molecular complexity index is 77.6. The van der Waals surface area contributed by atoms with Gasteiger partial charge in [-0.25, -0.2) is 0 Å². The van der Waals surface area contributed by atoms with E-state index in [1.807, 2.05) is 0 Å². The van der Waals surface area contributed by atoms with E-state index in [0.29, 0.717) is 5.41 Å². The number of ether oxygens (including phenoxy) is 1. The van der Waals surface area contributed by atoms with Gasteiger partial charge in [-0.2, -0.15) is 0 Å². The molecule has 0 aliphatic carbocycles. The van der Waals surface area contributed by atoms with Gasteiger partial charge in [-0.3, -0.25) is 0 Å². The highest BCUT2D eigenvalue weighted by atomic mass is 16.5. The lowest BCUT2D eigenvalue weighted by Gasteiger charge is -2.12. The maximum Gasteiger partial charge on any atom is 0.0462 e. The first-order chi connectivity index (χ1) is 5.97. The van der Waals surface area contributed by atoms with Crippen molar-refractivity contribution in [1.82, 2.24) is 0 Å². The first kappa shape index (κ1) is 15.4. The van der Waals surface area contributed by atoms with E-state index in [1.165, 1.54) is 25.7 Å². The molecule has 0 amide bonds. The highest BCUT2D eigenvalue weighted by Crippen LogP contribution is 2.16. The molecule has 0 fully saturated rings. The molecule has 13 heavy (non-hydrogen) atoms. The number of methoxy groups -OCH3 is 1. The normalized spacial score (nSPS) is 10.6. The SMILES string of the molecule is CCC(C)(C)C.CCCCCOC. The smallest absolute Gasteiger partial charge is 0.0462 e. The van der Waals surface area contributed by atoms with Gasteiger partial charge in [-0.05, 0) is 11.8 Å². The molecule has 0 rings (SSSR count). The van der Waals surface area contributed by atoms with Crippen LogP contribution in [0.25, 0.3) is 0 Å². The highest BCUT2D eigenvalue weighted by Gasteiger charge is 2.03. The van der Waals surface area contributed by atoms with E-state index in [1.54, 1.807) is 7.11 Å². The molecule has 0 saturated heterocycles. The molecule has 0 aliphatic heterocycles. The fraction of sp³-hybridized carbons (Fsp3) is 1.00. The van der Waals surface area contributed by atoms with Crippen LogP contribution in [0.15, 0.2) is 0 Å². The summed E-state index contributed by atoms with van der Waals surface area (Å²) in [6.07, 6.45) is 5.07. The molecule has 0 aromatic rings. The first-order valence-corrected chi connectivity index (χ1v) is 5.46. The summed E-state index contributed by atoms with van der Waals surface area (Å²) in [6.45, 7) is 12.1. The molecule has 0 radical (unpaired) electrons. The number of hydrogen-bond acceptors (Lipinski definition) is 1. The molecule has 0 unspecified atom stereocenters. The predicted octanol–water partition coefficient (Wildman–Crippen LogP) is 4.27. The minimum Gasteiger partial charge on any atom is -0.385 e. The topological polar surface area (TPSA) is 9.23 Å². The van der Waals surface area contributed by atoms with Crippen LogP contribution in [0.3, 0.4) is 0 Å². The summed E-state index contributed by atoms with van der Waals surface area (Å²) in [6, 6.07) is 0. The second-order valence-electron chi connectivity index (χ2n) is 4.61. The van der Waals surface area contributed by atoms with Crippen molar-refractivity contribution < 1.29 is 4.74 Å². The molecule has 1 heteroatoms. The Kier molecular flexibility index (Phi) is 11.9. The minimum atomic E-state index is 0.542. The van der Waals surface area contributed by atoms with Crippen molar-refractivity contribution in [3.8, 4) is 0 Å². The van der Waals surface area contributed by atoms with Gasteiger partial charge in [0, 0.05) is 13.7 Å². The molecule has 0 heterocycles. The van der Waals surface area contributed by atoms with Gasteiger partial charge >= 0.3 is 0 Å². The van der Waals surface area contributed by atoms with Gasteiger partial charge in [-0.15, -0.1) is 0 Å². The van der Waals surface area contributed by atoms with Crippen molar-refractivity contribution in [3.63, 3.8) is 0 Å². The Labute approximate surface area is 84.9 Å². The zero-order valence-corrected chi connectivity index (χ0v) is 10.4.